The maximum Gasteiger partial charge on any atom is 0.416 e. The highest BCUT2D eigenvalue weighted by Gasteiger charge is 2.30. The number of halogens is 3. The van der Waals surface area contributed by atoms with E-state index in [0.717, 1.165) is 17.7 Å². The Morgan fingerprint density at radius 3 is 2.69 bits per heavy atom. The zero-order valence-electron chi connectivity index (χ0n) is 13.9. The molecule has 0 aromatic heterocycles. The van der Waals surface area contributed by atoms with E-state index in [2.05, 4.69) is 10.6 Å². The summed E-state index contributed by atoms with van der Waals surface area (Å²) in [5.74, 6) is 0.928. The third-order valence-corrected chi connectivity index (χ3v) is 3.92. The van der Waals surface area contributed by atoms with E-state index in [1.54, 1.807) is 19.1 Å². The highest BCUT2D eigenvalue weighted by atomic mass is 19.4. The lowest BCUT2D eigenvalue weighted by molar-refractivity contribution is -0.137. The molecular weight excluding hydrogens is 349 g/mol. The molecule has 1 atom stereocenters. The van der Waals surface area contributed by atoms with Crippen LogP contribution in [0.5, 0.6) is 11.5 Å². The van der Waals surface area contributed by atoms with Crippen LogP contribution in [0.2, 0.25) is 0 Å². The van der Waals surface area contributed by atoms with Crippen LogP contribution >= 0.6 is 0 Å². The van der Waals surface area contributed by atoms with Crippen LogP contribution in [0.15, 0.2) is 42.5 Å². The van der Waals surface area contributed by atoms with Gasteiger partial charge >= 0.3 is 6.18 Å². The highest BCUT2D eigenvalue weighted by Crippen LogP contribution is 2.34. The topological polar surface area (TPSA) is 59.6 Å². The molecule has 0 spiro atoms. The number of hydrogen-bond acceptors (Lipinski definition) is 4. The molecule has 1 aliphatic rings. The highest BCUT2D eigenvalue weighted by molar-refractivity contribution is 5.81. The Kier molecular flexibility index (Phi) is 4.92. The van der Waals surface area contributed by atoms with E-state index in [4.69, 9.17) is 9.47 Å². The summed E-state index contributed by atoms with van der Waals surface area (Å²) in [5.41, 5.74) is 0.295. The largest absolute Gasteiger partial charge is 0.454 e. The van der Waals surface area contributed by atoms with E-state index in [-0.39, 0.29) is 31.0 Å². The van der Waals surface area contributed by atoms with Crippen LogP contribution in [0.3, 0.4) is 0 Å². The molecular formula is C18H17F3N2O3. The van der Waals surface area contributed by atoms with Crippen molar-refractivity contribution in [2.45, 2.75) is 19.1 Å². The van der Waals surface area contributed by atoms with Gasteiger partial charge in [-0.2, -0.15) is 13.2 Å². The molecule has 1 heterocycles. The summed E-state index contributed by atoms with van der Waals surface area (Å²) in [4.78, 5) is 12.1. The molecule has 26 heavy (non-hydrogen) atoms. The predicted molar refractivity (Wildman–Crippen MR) is 89.1 cm³/mol. The first-order valence-electron chi connectivity index (χ1n) is 7.93. The minimum Gasteiger partial charge on any atom is -0.454 e. The number of alkyl halides is 3. The fraction of sp³-hybridized carbons (Fsp3) is 0.278. The molecule has 1 amide bonds. The second-order valence-electron chi connectivity index (χ2n) is 5.83. The Morgan fingerprint density at radius 2 is 1.92 bits per heavy atom. The van der Waals surface area contributed by atoms with Gasteiger partial charge in [0.2, 0.25) is 12.7 Å². The Bertz CT molecular complexity index is 809. The number of rotatable bonds is 5. The maximum atomic E-state index is 12.7. The van der Waals surface area contributed by atoms with Crippen molar-refractivity contribution in [3.05, 3.63) is 53.6 Å². The molecule has 2 aromatic rings. The van der Waals surface area contributed by atoms with Crippen LogP contribution in [0.4, 0.5) is 18.9 Å². The summed E-state index contributed by atoms with van der Waals surface area (Å²) in [6.45, 7) is 1.83. The second kappa shape index (κ2) is 7.15. The van der Waals surface area contributed by atoms with E-state index >= 15 is 0 Å². The van der Waals surface area contributed by atoms with Gasteiger partial charge in [0.25, 0.3) is 0 Å². The monoisotopic (exact) mass is 366 g/mol. The van der Waals surface area contributed by atoms with Gasteiger partial charge in [0.1, 0.15) is 0 Å². The molecule has 0 saturated carbocycles. The summed E-state index contributed by atoms with van der Waals surface area (Å²) in [6, 6.07) is 9.79. The Hall–Kier alpha value is -2.90. The van der Waals surface area contributed by atoms with E-state index in [1.807, 2.05) is 6.07 Å². The molecule has 2 aromatic carbocycles. The van der Waals surface area contributed by atoms with Crippen LogP contribution < -0.4 is 20.1 Å². The molecule has 0 radical (unpaired) electrons. The summed E-state index contributed by atoms with van der Waals surface area (Å²) < 4.78 is 48.6. The Labute approximate surface area is 148 Å². The smallest absolute Gasteiger partial charge is 0.416 e. The second-order valence-corrected chi connectivity index (χ2v) is 5.83. The van der Waals surface area contributed by atoms with E-state index < -0.39 is 11.7 Å². The minimum atomic E-state index is -4.42. The number of carbonyl (C=O) groups excluding carboxylic acids is 1. The number of fused-ring (bicyclic) bond motifs is 1. The molecule has 8 heteroatoms. The SMILES string of the molecule is CC(NC(=O)CNc1cccc(C(F)(F)F)c1)c1ccc2c(c1)OCO2. The summed E-state index contributed by atoms with van der Waals surface area (Å²) >= 11 is 0. The number of benzene rings is 2. The number of ether oxygens (including phenoxy) is 2. The van der Waals surface area contributed by atoms with Crippen molar-refractivity contribution in [3.8, 4) is 11.5 Å². The molecule has 5 nitrogen and oxygen atoms in total. The van der Waals surface area contributed by atoms with Crippen LogP contribution in [-0.4, -0.2) is 19.2 Å². The van der Waals surface area contributed by atoms with Crippen molar-refractivity contribution in [2.24, 2.45) is 0 Å². The molecule has 0 bridgehead atoms. The lowest BCUT2D eigenvalue weighted by Gasteiger charge is -2.16. The van der Waals surface area contributed by atoms with Gasteiger partial charge in [-0.1, -0.05) is 12.1 Å². The van der Waals surface area contributed by atoms with Crippen LogP contribution in [0.25, 0.3) is 0 Å². The third-order valence-electron chi connectivity index (χ3n) is 3.92. The van der Waals surface area contributed by atoms with Crippen molar-refractivity contribution in [1.82, 2.24) is 5.32 Å². The predicted octanol–water partition coefficient (Wildman–Crippen LogP) is 3.72. The standard InChI is InChI=1S/C18H17F3N2O3/c1-11(12-5-6-15-16(7-12)26-10-25-15)23-17(24)9-22-14-4-2-3-13(8-14)18(19,20)21/h2-8,11,22H,9-10H2,1H3,(H,23,24). The van der Waals surface area contributed by atoms with Gasteiger partial charge in [0, 0.05) is 5.69 Å². The zero-order valence-corrected chi connectivity index (χ0v) is 13.9. The molecule has 1 aliphatic heterocycles. The van der Waals surface area contributed by atoms with E-state index in [0.29, 0.717) is 11.5 Å². The van der Waals surface area contributed by atoms with Gasteiger partial charge in [-0.25, -0.2) is 0 Å². The number of carbonyl (C=O) groups is 1. The number of hydrogen-bond donors (Lipinski definition) is 2. The van der Waals surface area contributed by atoms with E-state index in [9.17, 15) is 18.0 Å². The number of anilines is 1. The normalized spacial score (nSPS) is 14.0. The molecule has 1 unspecified atom stereocenters. The molecule has 3 rings (SSSR count). The minimum absolute atomic E-state index is 0.143. The van der Waals surface area contributed by atoms with Gasteiger partial charge in [0.05, 0.1) is 18.2 Å². The lowest BCUT2D eigenvalue weighted by Crippen LogP contribution is -2.32. The number of nitrogens with one attached hydrogen (secondary N) is 2. The fourth-order valence-corrected chi connectivity index (χ4v) is 2.55. The molecule has 2 N–H and O–H groups in total. The van der Waals surface area contributed by atoms with Gasteiger partial charge in [0.15, 0.2) is 11.5 Å². The van der Waals surface area contributed by atoms with Crippen LogP contribution in [0.1, 0.15) is 24.1 Å². The average molecular weight is 366 g/mol. The van der Waals surface area contributed by atoms with Gasteiger partial charge in [-0.15, -0.1) is 0 Å². The first-order valence-corrected chi connectivity index (χ1v) is 7.93. The Morgan fingerprint density at radius 1 is 1.15 bits per heavy atom. The van der Waals surface area contributed by atoms with Crippen molar-refractivity contribution < 1.29 is 27.4 Å². The van der Waals surface area contributed by atoms with E-state index in [1.165, 1.54) is 12.1 Å². The quantitative estimate of drug-likeness (QED) is 0.847. The van der Waals surface area contributed by atoms with Crippen LogP contribution in [-0.2, 0) is 11.0 Å². The average Bonchev–Trinajstić information content (AvgIpc) is 3.07. The van der Waals surface area contributed by atoms with Crippen molar-refractivity contribution >= 4 is 11.6 Å². The molecule has 0 saturated heterocycles. The summed E-state index contributed by atoms with van der Waals surface area (Å²) in [7, 11) is 0. The lowest BCUT2D eigenvalue weighted by atomic mass is 10.1. The van der Waals surface area contributed by atoms with Gasteiger partial charge < -0.3 is 20.1 Å². The zero-order chi connectivity index (χ0) is 18.7. The first-order chi connectivity index (χ1) is 12.3. The first kappa shape index (κ1) is 17.9. The number of amides is 1. The summed E-state index contributed by atoms with van der Waals surface area (Å²) in [6.07, 6.45) is -4.42. The van der Waals surface area contributed by atoms with Crippen molar-refractivity contribution in [2.75, 3.05) is 18.7 Å². The van der Waals surface area contributed by atoms with Gasteiger partial charge in [-0.05, 0) is 42.8 Å². The molecule has 0 aliphatic carbocycles. The summed E-state index contributed by atoms with van der Waals surface area (Å²) in [5, 5.41) is 5.48. The third kappa shape index (κ3) is 4.19. The maximum absolute atomic E-state index is 12.7. The molecule has 138 valence electrons. The van der Waals surface area contributed by atoms with Crippen molar-refractivity contribution in [1.29, 1.82) is 0 Å². The fourth-order valence-electron chi connectivity index (χ4n) is 2.55. The Balaban J connectivity index is 1.56. The van der Waals surface area contributed by atoms with Gasteiger partial charge in [-0.3, -0.25) is 4.79 Å². The van der Waals surface area contributed by atoms with Crippen LogP contribution in [0, 0.1) is 0 Å². The van der Waals surface area contributed by atoms with Crippen molar-refractivity contribution in [3.63, 3.8) is 0 Å². The molecule has 0 fully saturated rings.